The summed E-state index contributed by atoms with van der Waals surface area (Å²) in [6, 6.07) is 9.23. The molecule has 0 spiro atoms. The molecule has 0 saturated heterocycles. The number of amides is 2. The molecule has 2 N–H and O–H groups in total. The predicted molar refractivity (Wildman–Crippen MR) is 86.2 cm³/mol. The van der Waals surface area contributed by atoms with Crippen molar-refractivity contribution in [3.63, 3.8) is 0 Å². The molecule has 1 aromatic carbocycles. The molecule has 2 aromatic rings. The van der Waals surface area contributed by atoms with E-state index in [1.807, 2.05) is 31.2 Å². The third-order valence-electron chi connectivity index (χ3n) is 3.23. The summed E-state index contributed by atoms with van der Waals surface area (Å²) in [5.41, 5.74) is 1.96. The van der Waals surface area contributed by atoms with Gasteiger partial charge in [-0.15, -0.1) is 6.58 Å². The van der Waals surface area contributed by atoms with Gasteiger partial charge in [-0.3, -0.25) is 5.32 Å². The van der Waals surface area contributed by atoms with Crippen molar-refractivity contribution in [3.05, 3.63) is 54.7 Å². The van der Waals surface area contributed by atoms with E-state index in [-0.39, 0.29) is 19.2 Å². The van der Waals surface area contributed by atoms with Gasteiger partial charge in [-0.05, 0) is 18.6 Å². The smallest absolute Gasteiger partial charge is 0.323 e. The van der Waals surface area contributed by atoms with Crippen LogP contribution < -0.4 is 5.32 Å². The average molecular weight is 300 g/mol. The van der Waals surface area contributed by atoms with Crippen molar-refractivity contribution in [1.29, 1.82) is 0 Å². The number of aryl methyl sites for hydroxylation is 1. The van der Waals surface area contributed by atoms with Crippen LogP contribution in [0.15, 0.2) is 49.2 Å². The first-order valence-corrected chi connectivity index (χ1v) is 7.05. The lowest BCUT2D eigenvalue weighted by atomic mass is 10.2. The van der Waals surface area contributed by atoms with Crippen molar-refractivity contribution < 1.29 is 9.90 Å². The van der Waals surface area contributed by atoms with E-state index < -0.39 is 0 Å². The summed E-state index contributed by atoms with van der Waals surface area (Å²) in [4.78, 5) is 13.7. The van der Waals surface area contributed by atoms with E-state index >= 15 is 0 Å². The number of carbonyl (C=O) groups is 1. The minimum Gasteiger partial charge on any atom is -0.395 e. The van der Waals surface area contributed by atoms with Crippen molar-refractivity contribution >= 4 is 11.8 Å². The molecular formula is C16H20N4O2. The number of aliphatic hydroxyl groups is 1. The molecule has 22 heavy (non-hydrogen) atoms. The average Bonchev–Trinajstić information content (AvgIpc) is 2.95. The molecule has 6 nitrogen and oxygen atoms in total. The fourth-order valence-corrected chi connectivity index (χ4v) is 2.13. The maximum Gasteiger partial charge on any atom is 0.323 e. The Kier molecular flexibility index (Phi) is 5.32. The van der Waals surface area contributed by atoms with Gasteiger partial charge in [0.1, 0.15) is 5.82 Å². The third-order valence-corrected chi connectivity index (χ3v) is 3.23. The zero-order chi connectivity index (χ0) is 15.9. The molecule has 0 radical (unpaired) electrons. The van der Waals surface area contributed by atoms with Crippen molar-refractivity contribution in [2.75, 3.05) is 25.0 Å². The zero-order valence-electron chi connectivity index (χ0n) is 12.6. The summed E-state index contributed by atoms with van der Waals surface area (Å²) in [6.45, 7) is 6.12. The summed E-state index contributed by atoms with van der Waals surface area (Å²) >= 11 is 0. The van der Waals surface area contributed by atoms with Gasteiger partial charge in [0.25, 0.3) is 0 Å². The van der Waals surface area contributed by atoms with Gasteiger partial charge in [-0.2, -0.15) is 5.10 Å². The summed E-state index contributed by atoms with van der Waals surface area (Å²) in [6.07, 6.45) is 3.25. The van der Waals surface area contributed by atoms with Gasteiger partial charge in [0.05, 0.1) is 18.5 Å². The fraction of sp³-hybridized carbons (Fsp3) is 0.250. The number of nitrogens with one attached hydrogen (secondary N) is 1. The van der Waals surface area contributed by atoms with E-state index in [1.165, 1.54) is 4.90 Å². The lowest BCUT2D eigenvalue weighted by Crippen LogP contribution is -2.37. The van der Waals surface area contributed by atoms with Crippen LogP contribution in [0.3, 0.4) is 0 Å². The van der Waals surface area contributed by atoms with Crippen LogP contribution in [0.5, 0.6) is 0 Å². The number of anilines is 1. The Bertz CT molecular complexity index is 651. The Morgan fingerprint density at radius 1 is 1.45 bits per heavy atom. The van der Waals surface area contributed by atoms with Crippen molar-refractivity contribution in [3.8, 4) is 5.69 Å². The maximum absolute atomic E-state index is 12.3. The Morgan fingerprint density at radius 2 is 2.23 bits per heavy atom. The van der Waals surface area contributed by atoms with Gasteiger partial charge in [0.2, 0.25) is 0 Å². The van der Waals surface area contributed by atoms with Crippen LogP contribution >= 0.6 is 0 Å². The predicted octanol–water partition coefficient (Wildman–Crippen LogP) is 2.19. The van der Waals surface area contributed by atoms with Crippen LogP contribution in [0.25, 0.3) is 5.69 Å². The number of urea groups is 1. The zero-order valence-corrected chi connectivity index (χ0v) is 12.6. The topological polar surface area (TPSA) is 70.4 Å². The second-order valence-corrected chi connectivity index (χ2v) is 4.80. The molecule has 0 aliphatic rings. The second-order valence-electron chi connectivity index (χ2n) is 4.80. The number of aromatic nitrogens is 2. The molecule has 1 heterocycles. The van der Waals surface area contributed by atoms with Gasteiger partial charge in [-0.1, -0.05) is 24.3 Å². The number of hydrogen-bond acceptors (Lipinski definition) is 3. The van der Waals surface area contributed by atoms with Gasteiger partial charge in [0, 0.05) is 19.2 Å². The number of hydrogen-bond donors (Lipinski definition) is 2. The first-order valence-electron chi connectivity index (χ1n) is 7.05. The van der Waals surface area contributed by atoms with Crippen LogP contribution in [-0.4, -0.2) is 45.5 Å². The van der Waals surface area contributed by atoms with E-state index in [2.05, 4.69) is 17.0 Å². The van der Waals surface area contributed by atoms with Crippen LogP contribution in [0.2, 0.25) is 0 Å². The number of carbonyl (C=O) groups excluding carboxylic acids is 1. The Morgan fingerprint density at radius 3 is 2.91 bits per heavy atom. The highest BCUT2D eigenvalue weighted by atomic mass is 16.3. The summed E-state index contributed by atoms with van der Waals surface area (Å²) in [5.74, 6) is 0.575. The lowest BCUT2D eigenvalue weighted by molar-refractivity contribution is 0.195. The van der Waals surface area contributed by atoms with Crippen molar-refractivity contribution in [2.24, 2.45) is 0 Å². The van der Waals surface area contributed by atoms with Crippen LogP contribution in [0.1, 0.15) is 5.56 Å². The van der Waals surface area contributed by atoms with Gasteiger partial charge >= 0.3 is 6.03 Å². The van der Waals surface area contributed by atoms with E-state index in [0.717, 1.165) is 11.3 Å². The highest BCUT2D eigenvalue weighted by Crippen LogP contribution is 2.18. The largest absolute Gasteiger partial charge is 0.395 e. The summed E-state index contributed by atoms with van der Waals surface area (Å²) in [7, 11) is 0. The molecule has 1 aromatic heterocycles. The SMILES string of the molecule is C=CCN(CCO)C(=O)Nc1ccnn1-c1ccccc1C. The molecule has 0 bridgehead atoms. The van der Waals surface area contributed by atoms with Gasteiger partial charge < -0.3 is 10.0 Å². The normalized spacial score (nSPS) is 10.3. The number of para-hydroxylation sites is 1. The highest BCUT2D eigenvalue weighted by Gasteiger charge is 2.15. The van der Waals surface area contributed by atoms with E-state index in [4.69, 9.17) is 5.11 Å². The monoisotopic (exact) mass is 300 g/mol. The molecule has 2 rings (SSSR count). The first kappa shape index (κ1) is 15.8. The molecule has 0 fully saturated rings. The third kappa shape index (κ3) is 3.53. The van der Waals surface area contributed by atoms with Gasteiger partial charge in [-0.25, -0.2) is 9.48 Å². The van der Waals surface area contributed by atoms with Crippen molar-refractivity contribution in [1.82, 2.24) is 14.7 Å². The minimum atomic E-state index is -0.302. The fourth-order valence-electron chi connectivity index (χ4n) is 2.13. The highest BCUT2D eigenvalue weighted by molar-refractivity contribution is 5.88. The Hall–Kier alpha value is -2.60. The van der Waals surface area contributed by atoms with Crippen LogP contribution in [-0.2, 0) is 0 Å². The van der Waals surface area contributed by atoms with Crippen LogP contribution in [0.4, 0.5) is 10.6 Å². The van der Waals surface area contributed by atoms with E-state index in [9.17, 15) is 4.79 Å². The molecule has 6 heteroatoms. The van der Waals surface area contributed by atoms with E-state index in [0.29, 0.717) is 12.4 Å². The number of benzene rings is 1. The van der Waals surface area contributed by atoms with Crippen LogP contribution in [0, 0.1) is 6.92 Å². The second kappa shape index (κ2) is 7.42. The molecule has 0 unspecified atom stereocenters. The van der Waals surface area contributed by atoms with E-state index in [1.54, 1.807) is 23.0 Å². The number of rotatable bonds is 6. The molecule has 0 saturated carbocycles. The molecule has 116 valence electrons. The van der Waals surface area contributed by atoms with Gasteiger partial charge in [0.15, 0.2) is 0 Å². The molecular weight excluding hydrogens is 280 g/mol. The molecule has 0 aliphatic carbocycles. The molecule has 0 atom stereocenters. The number of aliphatic hydroxyl groups excluding tert-OH is 1. The maximum atomic E-state index is 12.3. The molecule has 2 amide bonds. The lowest BCUT2D eigenvalue weighted by Gasteiger charge is -2.21. The summed E-state index contributed by atoms with van der Waals surface area (Å²) in [5, 5.41) is 16.1. The van der Waals surface area contributed by atoms with Crippen molar-refractivity contribution in [2.45, 2.75) is 6.92 Å². The standard InChI is InChI=1S/C16H20N4O2/c1-3-10-19(11-12-21)16(22)18-15-8-9-17-20(15)14-7-5-4-6-13(14)2/h3-9,21H,1,10-12H2,2H3,(H,18,22). The molecule has 0 aliphatic heterocycles. The Labute approximate surface area is 129 Å². The quantitative estimate of drug-likeness (QED) is 0.803. The Balaban J connectivity index is 2.21. The summed E-state index contributed by atoms with van der Waals surface area (Å²) < 4.78 is 1.68. The first-order chi connectivity index (χ1) is 10.7. The minimum absolute atomic E-state index is 0.0989. The number of nitrogens with zero attached hydrogens (tertiary/aromatic N) is 3.